The van der Waals surface area contributed by atoms with Crippen LogP contribution < -0.4 is 4.31 Å². The lowest BCUT2D eigenvalue weighted by Gasteiger charge is -2.23. The van der Waals surface area contributed by atoms with Gasteiger partial charge in [-0.15, -0.1) is 0 Å². The van der Waals surface area contributed by atoms with Crippen molar-refractivity contribution in [2.24, 2.45) is 0 Å². The largest absolute Gasteiger partial charge is 0.478 e. The third kappa shape index (κ3) is 5.04. The van der Waals surface area contributed by atoms with Crippen LogP contribution in [0.2, 0.25) is 0 Å². The lowest BCUT2D eigenvalue weighted by Crippen LogP contribution is -2.16. The topological polar surface area (TPSA) is 53.4 Å². The standard InChI is InChI=1S/C20H15F3N2O2S/c21-20(22,23)16-8-11-18(24-12-16)25(13-14-4-2-1-3-5-14)28-17-9-6-15(7-10-17)19(26)27/h1-12H,13H2,(H,26,27). The first-order valence-electron chi connectivity index (χ1n) is 8.19. The molecule has 0 fully saturated rings. The molecule has 0 aliphatic rings. The van der Waals surface area contributed by atoms with Gasteiger partial charge in [-0.2, -0.15) is 13.2 Å². The van der Waals surface area contributed by atoms with Crippen molar-refractivity contribution >= 4 is 23.7 Å². The summed E-state index contributed by atoms with van der Waals surface area (Å²) in [5, 5.41) is 9.00. The Morgan fingerprint density at radius 1 is 1.00 bits per heavy atom. The van der Waals surface area contributed by atoms with Crippen molar-refractivity contribution in [3.63, 3.8) is 0 Å². The number of benzene rings is 2. The highest BCUT2D eigenvalue weighted by Gasteiger charge is 2.31. The average Bonchev–Trinajstić information content (AvgIpc) is 2.68. The predicted molar refractivity (Wildman–Crippen MR) is 101 cm³/mol. The molecule has 0 aliphatic heterocycles. The zero-order chi connectivity index (χ0) is 20.1. The quantitative estimate of drug-likeness (QED) is 0.549. The maximum absolute atomic E-state index is 12.8. The Hall–Kier alpha value is -3.00. The summed E-state index contributed by atoms with van der Waals surface area (Å²) < 4.78 is 40.2. The molecular formula is C20H15F3N2O2S. The lowest BCUT2D eigenvalue weighted by molar-refractivity contribution is -0.137. The minimum Gasteiger partial charge on any atom is -0.478 e. The van der Waals surface area contributed by atoms with Crippen molar-refractivity contribution in [2.75, 3.05) is 4.31 Å². The summed E-state index contributed by atoms with van der Waals surface area (Å²) in [6.07, 6.45) is -3.64. The Balaban J connectivity index is 1.87. The van der Waals surface area contributed by atoms with Crippen molar-refractivity contribution in [1.29, 1.82) is 0 Å². The van der Waals surface area contributed by atoms with Gasteiger partial charge in [0.2, 0.25) is 0 Å². The van der Waals surface area contributed by atoms with E-state index < -0.39 is 17.7 Å². The van der Waals surface area contributed by atoms with Gasteiger partial charge in [0.05, 0.1) is 17.7 Å². The highest BCUT2D eigenvalue weighted by molar-refractivity contribution is 8.00. The third-order valence-corrected chi connectivity index (χ3v) is 4.84. The number of aromatic nitrogens is 1. The molecule has 0 saturated carbocycles. The first-order chi connectivity index (χ1) is 13.3. The lowest BCUT2D eigenvalue weighted by atomic mass is 10.2. The molecule has 0 amide bonds. The predicted octanol–water partition coefficient (Wildman–Crippen LogP) is 5.51. The van der Waals surface area contributed by atoms with E-state index in [4.69, 9.17) is 5.11 Å². The Labute approximate surface area is 163 Å². The number of hydrogen-bond acceptors (Lipinski definition) is 4. The number of carboxylic acids is 1. The molecule has 144 valence electrons. The highest BCUT2D eigenvalue weighted by Crippen LogP contribution is 2.33. The summed E-state index contributed by atoms with van der Waals surface area (Å²) in [7, 11) is 0. The maximum Gasteiger partial charge on any atom is 0.417 e. The fourth-order valence-corrected chi connectivity index (χ4v) is 3.32. The average molecular weight is 404 g/mol. The first kappa shape index (κ1) is 19.8. The van der Waals surface area contributed by atoms with Gasteiger partial charge in [-0.25, -0.2) is 9.78 Å². The summed E-state index contributed by atoms with van der Waals surface area (Å²) in [5.74, 6) is -0.661. The van der Waals surface area contributed by atoms with Crippen molar-refractivity contribution in [3.05, 3.63) is 89.6 Å². The number of rotatable bonds is 6. The molecule has 1 heterocycles. The second kappa shape index (κ2) is 8.35. The number of alkyl halides is 3. The van der Waals surface area contributed by atoms with Crippen molar-refractivity contribution in [2.45, 2.75) is 17.6 Å². The number of carboxylic acid groups (broad SMARTS) is 1. The van der Waals surface area contributed by atoms with E-state index in [2.05, 4.69) is 4.98 Å². The Morgan fingerprint density at radius 2 is 1.68 bits per heavy atom. The molecule has 0 aliphatic carbocycles. The normalized spacial score (nSPS) is 11.2. The van der Waals surface area contributed by atoms with Crippen LogP contribution in [-0.2, 0) is 12.7 Å². The molecule has 4 nitrogen and oxygen atoms in total. The molecular weight excluding hydrogens is 389 g/mol. The minimum atomic E-state index is -4.45. The molecule has 0 atom stereocenters. The SMILES string of the molecule is O=C(O)c1ccc(SN(Cc2ccccc2)c2ccc(C(F)(F)F)cn2)cc1. The molecule has 1 aromatic heterocycles. The molecule has 1 N–H and O–H groups in total. The van der Waals surface area contributed by atoms with Crippen LogP contribution in [-0.4, -0.2) is 16.1 Å². The number of carbonyl (C=O) groups is 1. The van der Waals surface area contributed by atoms with Crippen molar-refractivity contribution in [1.82, 2.24) is 4.98 Å². The van der Waals surface area contributed by atoms with E-state index in [1.807, 2.05) is 30.3 Å². The van der Waals surface area contributed by atoms with Gasteiger partial charge in [0.1, 0.15) is 5.82 Å². The summed E-state index contributed by atoms with van der Waals surface area (Å²) in [5.41, 5.74) is 0.303. The smallest absolute Gasteiger partial charge is 0.417 e. The number of hydrogen-bond donors (Lipinski definition) is 1. The van der Waals surface area contributed by atoms with Crippen molar-refractivity contribution < 1.29 is 23.1 Å². The van der Waals surface area contributed by atoms with E-state index >= 15 is 0 Å². The second-order valence-corrected chi connectivity index (χ2v) is 6.94. The second-order valence-electron chi connectivity index (χ2n) is 5.85. The molecule has 0 spiro atoms. The number of halogens is 3. The Bertz CT molecular complexity index is 930. The van der Waals surface area contributed by atoms with Crippen LogP contribution in [0.5, 0.6) is 0 Å². The Morgan fingerprint density at radius 3 is 2.21 bits per heavy atom. The van der Waals surface area contributed by atoms with E-state index in [0.717, 1.165) is 22.7 Å². The van der Waals surface area contributed by atoms with E-state index in [0.29, 0.717) is 12.4 Å². The van der Waals surface area contributed by atoms with Gasteiger partial charge < -0.3 is 5.11 Å². The molecule has 0 bridgehead atoms. The fraction of sp³-hybridized carbons (Fsp3) is 0.100. The molecule has 0 saturated heterocycles. The van der Waals surface area contributed by atoms with Crippen LogP contribution in [0.3, 0.4) is 0 Å². The van der Waals surface area contributed by atoms with E-state index in [1.54, 1.807) is 16.4 Å². The zero-order valence-corrected chi connectivity index (χ0v) is 15.2. The van der Waals surface area contributed by atoms with Gasteiger partial charge in [0.15, 0.2) is 0 Å². The van der Waals surface area contributed by atoms with Crippen LogP contribution >= 0.6 is 11.9 Å². The van der Waals surface area contributed by atoms with Gasteiger partial charge >= 0.3 is 12.1 Å². The molecule has 0 radical (unpaired) electrons. The Kier molecular flexibility index (Phi) is 5.89. The van der Waals surface area contributed by atoms with E-state index in [1.165, 1.54) is 30.1 Å². The summed E-state index contributed by atoms with van der Waals surface area (Å²) in [6.45, 7) is 0.407. The molecule has 8 heteroatoms. The number of pyridine rings is 1. The summed E-state index contributed by atoms with van der Waals surface area (Å²) >= 11 is 1.27. The first-order valence-corrected chi connectivity index (χ1v) is 8.96. The number of anilines is 1. The van der Waals surface area contributed by atoms with Crippen LogP contribution in [0.1, 0.15) is 21.5 Å². The molecule has 2 aromatic carbocycles. The van der Waals surface area contributed by atoms with Gasteiger partial charge in [0.25, 0.3) is 0 Å². The zero-order valence-electron chi connectivity index (χ0n) is 14.4. The van der Waals surface area contributed by atoms with Crippen LogP contribution in [0, 0.1) is 0 Å². The monoisotopic (exact) mass is 404 g/mol. The number of aromatic carboxylic acids is 1. The number of nitrogens with zero attached hydrogens (tertiary/aromatic N) is 2. The van der Waals surface area contributed by atoms with Crippen LogP contribution in [0.15, 0.2) is 77.8 Å². The highest BCUT2D eigenvalue weighted by atomic mass is 32.2. The van der Waals surface area contributed by atoms with Crippen LogP contribution in [0.4, 0.5) is 19.0 Å². The minimum absolute atomic E-state index is 0.159. The van der Waals surface area contributed by atoms with E-state index in [9.17, 15) is 18.0 Å². The van der Waals surface area contributed by atoms with Crippen molar-refractivity contribution in [3.8, 4) is 0 Å². The van der Waals surface area contributed by atoms with Gasteiger partial charge in [0, 0.05) is 11.1 Å². The maximum atomic E-state index is 12.8. The summed E-state index contributed by atoms with van der Waals surface area (Å²) in [6, 6.07) is 18.0. The van der Waals surface area contributed by atoms with Crippen LogP contribution in [0.25, 0.3) is 0 Å². The summed E-state index contributed by atoms with van der Waals surface area (Å²) in [4.78, 5) is 15.7. The third-order valence-electron chi connectivity index (χ3n) is 3.82. The molecule has 28 heavy (non-hydrogen) atoms. The van der Waals surface area contributed by atoms with Gasteiger partial charge in [-0.1, -0.05) is 30.3 Å². The molecule has 3 aromatic rings. The molecule has 3 rings (SSSR count). The van der Waals surface area contributed by atoms with E-state index in [-0.39, 0.29) is 5.56 Å². The van der Waals surface area contributed by atoms with Gasteiger partial charge in [-0.3, -0.25) is 4.31 Å². The molecule has 0 unspecified atom stereocenters. The fourth-order valence-electron chi connectivity index (χ4n) is 2.40. The van der Waals surface area contributed by atoms with Gasteiger partial charge in [-0.05, 0) is 53.9 Å².